The molecule has 1 aromatic carbocycles. The van der Waals surface area contributed by atoms with Gasteiger partial charge in [0.15, 0.2) is 0 Å². The number of nitrogen functional groups attached to an aromatic ring is 1. The number of halogens is 1. The average molecular weight is 303 g/mol. The predicted molar refractivity (Wildman–Crippen MR) is 74.0 cm³/mol. The summed E-state index contributed by atoms with van der Waals surface area (Å²) in [6, 6.07) is 2.20. The molecule has 3 N–H and O–H groups in total. The Bertz CT molecular complexity index is 593. The molecule has 1 aromatic rings. The lowest BCUT2D eigenvalue weighted by Crippen LogP contribution is -2.38. The van der Waals surface area contributed by atoms with Crippen LogP contribution in [0, 0.1) is 12.7 Å². The molecule has 0 aliphatic rings. The number of rotatable bonds is 5. The Morgan fingerprint density at radius 3 is 2.55 bits per heavy atom. The van der Waals surface area contributed by atoms with Crippen LogP contribution in [0.1, 0.15) is 12.5 Å². The Kier molecular flexibility index (Phi) is 5.07. The van der Waals surface area contributed by atoms with Crippen molar-refractivity contribution in [3.63, 3.8) is 0 Å². The van der Waals surface area contributed by atoms with Crippen molar-refractivity contribution in [1.82, 2.24) is 9.62 Å². The maximum atomic E-state index is 13.4. The summed E-state index contributed by atoms with van der Waals surface area (Å²) in [5.74, 6) is -1.01. The first kappa shape index (κ1) is 16.4. The quantitative estimate of drug-likeness (QED) is 0.774. The summed E-state index contributed by atoms with van der Waals surface area (Å²) in [5, 5.41) is 0. The summed E-state index contributed by atoms with van der Waals surface area (Å²) in [6.45, 7) is 3.31. The number of nitrogens with one attached hydrogen (secondary N) is 1. The Labute approximate surface area is 117 Å². The molecule has 0 heterocycles. The summed E-state index contributed by atoms with van der Waals surface area (Å²) in [7, 11) is -2.34. The van der Waals surface area contributed by atoms with E-state index in [-0.39, 0.29) is 28.6 Å². The number of nitrogens with zero attached hydrogens (tertiary/aromatic N) is 1. The molecule has 0 aliphatic carbocycles. The van der Waals surface area contributed by atoms with Gasteiger partial charge in [-0.15, -0.1) is 0 Å². The van der Waals surface area contributed by atoms with E-state index < -0.39 is 15.8 Å². The summed E-state index contributed by atoms with van der Waals surface area (Å²) >= 11 is 0. The van der Waals surface area contributed by atoms with E-state index in [9.17, 15) is 17.6 Å². The van der Waals surface area contributed by atoms with Crippen molar-refractivity contribution in [1.29, 1.82) is 0 Å². The van der Waals surface area contributed by atoms with E-state index in [1.54, 1.807) is 14.0 Å². The maximum absolute atomic E-state index is 13.4. The third-order valence-electron chi connectivity index (χ3n) is 2.88. The van der Waals surface area contributed by atoms with E-state index in [0.717, 1.165) is 6.07 Å². The lowest BCUT2D eigenvalue weighted by molar-refractivity contribution is -0.128. The number of hydrogen-bond acceptors (Lipinski definition) is 4. The van der Waals surface area contributed by atoms with Crippen LogP contribution in [0.2, 0.25) is 0 Å². The smallest absolute Gasteiger partial charge is 0.241 e. The van der Waals surface area contributed by atoms with E-state index in [4.69, 9.17) is 5.73 Å². The highest BCUT2D eigenvalue weighted by Gasteiger charge is 2.19. The SMILES string of the molecule is CCN(C)C(=O)CNS(=O)(=O)c1cc(C)c(F)c(N)c1. The van der Waals surface area contributed by atoms with Gasteiger partial charge in [0, 0.05) is 13.6 Å². The molecule has 0 saturated heterocycles. The Hall–Kier alpha value is -1.67. The summed E-state index contributed by atoms with van der Waals surface area (Å²) in [4.78, 5) is 12.8. The fourth-order valence-electron chi connectivity index (χ4n) is 1.47. The van der Waals surface area contributed by atoms with Crippen LogP contribution in [-0.4, -0.2) is 39.4 Å². The third kappa shape index (κ3) is 3.67. The number of aryl methyl sites for hydroxylation is 1. The van der Waals surface area contributed by atoms with Crippen LogP contribution in [0.5, 0.6) is 0 Å². The van der Waals surface area contributed by atoms with Crippen LogP contribution in [0.4, 0.5) is 10.1 Å². The number of anilines is 1. The second kappa shape index (κ2) is 6.19. The third-order valence-corrected chi connectivity index (χ3v) is 4.26. The van der Waals surface area contributed by atoms with Gasteiger partial charge in [-0.1, -0.05) is 0 Å². The van der Waals surface area contributed by atoms with E-state index >= 15 is 0 Å². The Balaban J connectivity index is 2.93. The number of amides is 1. The first-order chi connectivity index (χ1) is 9.19. The van der Waals surface area contributed by atoms with Gasteiger partial charge in [0.05, 0.1) is 17.1 Å². The summed E-state index contributed by atoms with van der Waals surface area (Å²) < 4.78 is 39.5. The lowest BCUT2D eigenvalue weighted by Gasteiger charge is -2.15. The Morgan fingerprint density at radius 1 is 1.45 bits per heavy atom. The van der Waals surface area contributed by atoms with Crippen molar-refractivity contribution in [2.24, 2.45) is 0 Å². The number of sulfonamides is 1. The molecular weight excluding hydrogens is 285 g/mol. The molecule has 112 valence electrons. The standard InChI is InChI=1S/C12H18FN3O3S/c1-4-16(3)11(17)7-15-20(18,19)9-5-8(2)12(13)10(14)6-9/h5-6,15H,4,7,14H2,1-3H3. The molecular formula is C12H18FN3O3S. The van der Waals surface area contributed by atoms with Crippen molar-refractivity contribution in [3.05, 3.63) is 23.5 Å². The number of carbonyl (C=O) groups is 1. The van der Waals surface area contributed by atoms with E-state index in [1.807, 2.05) is 0 Å². The molecule has 0 aromatic heterocycles. The van der Waals surface area contributed by atoms with E-state index in [1.165, 1.54) is 17.9 Å². The van der Waals surface area contributed by atoms with Gasteiger partial charge in [-0.25, -0.2) is 17.5 Å². The second-order valence-corrected chi connectivity index (χ2v) is 6.14. The van der Waals surface area contributed by atoms with Gasteiger partial charge in [0.2, 0.25) is 15.9 Å². The highest BCUT2D eigenvalue weighted by Crippen LogP contribution is 2.20. The maximum Gasteiger partial charge on any atom is 0.241 e. The highest BCUT2D eigenvalue weighted by atomic mass is 32.2. The molecule has 1 rings (SSSR count). The predicted octanol–water partition coefficient (Wildman–Crippen LogP) is 0.473. The molecule has 0 bridgehead atoms. The number of carbonyl (C=O) groups excluding carboxylic acids is 1. The largest absolute Gasteiger partial charge is 0.396 e. The Morgan fingerprint density at radius 2 is 2.05 bits per heavy atom. The molecule has 0 unspecified atom stereocenters. The second-order valence-electron chi connectivity index (χ2n) is 4.38. The highest BCUT2D eigenvalue weighted by molar-refractivity contribution is 7.89. The molecule has 0 radical (unpaired) electrons. The van der Waals surface area contributed by atoms with Crippen LogP contribution >= 0.6 is 0 Å². The normalized spacial score (nSPS) is 11.4. The van der Waals surface area contributed by atoms with Crippen LogP contribution in [-0.2, 0) is 14.8 Å². The fourth-order valence-corrected chi connectivity index (χ4v) is 2.56. The number of nitrogens with two attached hydrogens (primary N) is 1. The minimum atomic E-state index is -3.90. The molecule has 0 atom stereocenters. The van der Waals surface area contributed by atoms with E-state index in [0.29, 0.717) is 6.54 Å². The molecule has 0 spiro atoms. The van der Waals surface area contributed by atoms with Crippen molar-refractivity contribution in [2.45, 2.75) is 18.7 Å². The van der Waals surface area contributed by atoms with Crippen LogP contribution in [0.3, 0.4) is 0 Å². The summed E-state index contributed by atoms with van der Waals surface area (Å²) in [6.07, 6.45) is 0. The fraction of sp³-hybridized carbons (Fsp3) is 0.417. The minimum Gasteiger partial charge on any atom is -0.396 e. The molecule has 20 heavy (non-hydrogen) atoms. The van der Waals surface area contributed by atoms with Crippen LogP contribution in [0.15, 0.2) is 17.0 Å². The molecule has 0 fully saturated rings. The minimum absolute atomic E-state index is 0.127. The van der Waals surface area contributed by atoms with Gasteiger partial charge < -0.3 is 10.6 Å². The molecule has 0 saturated carbocycles. The van der Waals surface area contributed by atoms with Crippen LogP contribution in [0.25, 0.3) is 0 Å². The zero-order valence-electron chi connectivity index (χ0n) is 11.6. The topological polar surface area (TPSA) is 92.5 Å². The monoisotopic (exact) mass is 303 g/mol. The first-order valence-electron chi connectivity index (χ1n) is 5.98. The zero-order chi connectivity index (χ0) is 15.5. The van der Waals surface area contributed by atoms with Gasteiger partial charge in [-0.05, 0) is 31.5 Å². The molecule has 1 amide bonds. The van der Waals surface area contributed by atoms with Gasteiger partial charge in [0.25, 0.3) is 0 Å². The van der Waals surface area contributed by atoms with Crippen molar-refractivity contribution >= 4 is 21.6 Å². The van der Waals surface area contributed by atoms with Crippen molar-refractivity contribution < 1.29 is 17.6 Å². The van der Waals surface area contributed by atoms with Gasteiger partial charge in [-0.3, -0.25) is 4.79 Å². The number of likely N-dealkylation sites (N-methyl/N-ethyl adjacent to an activating group) is 1. The summed E-state index contributed by atoms with van der Waals surface area (Å²) in [5.41, 5.74) is 5.28. The molecule has 8 heteroatoms. The van der Waals surface area contributed by atoms with Crippen molar-refractivity contribution in [2.75, 3.05) is 25.9 Å². The molecule has 0 aliphatic heterocycles. The van der Waals surface area contributed by atoms with Gasteiger partial charge in [-0.2, -0.15) is 0 Å². The number of hydrogen-bond donors (Lipinski definition) is 2. The van der Waals surface area contributed by atoms with Gasteiger partial charge in [0.1, 0.15) is 5.82 Å². The van der Waals surface area contributed by atoms with E-state index in [2.05, 4.69) is 4.72 Å². The van der Waals surface area contributed by atoms with Crippen LogP contribution < -0.4 is 10.5 Å². The zero-order valence-corrected chi connectivity index (χ0v) is 12.4. The first-order valence-corrected chi connectivity index (χ1v) is 7.46. The van der Waals surface area contributed by atoms with Gasteiger partial charge >= 0.3 is 0 Å². The van der Waals surface area contributed by atoms with Crippen molar-refractivity contribution in [3.8, 4) is 0 Å². The number of benzene rings is 1. The molecule has 6 nitrogen and oxygen atoms in total. The average Bonchev–Trinajstić information content (AvgIpc) is 2.40. The lowest BCUT2D eigenvalue weighted by atomic mass is 10.2.